The van der Waals surface area contributed by atoms with E-state index in [1.54, 1.807) is 0 Å². The van der Waals surface area contributed by atoms with E-state index in [0.29, 0.717) is 0 Å². The first-order valence-corrected chi connectivity index (χ1v) is 15.6. The van der Waals surface area contributed by atoms with Crippen molar-refractivity contribution in [3.05, 3.63) is 194 Å². The average molecular weight is 581 g/mol. The maximum atomic E-state index is 4.25. The van der Waals surface area contributed by atoms with Crippen LogP contribution in [0.25, 0.3) is 11.1 Å². The summed E-state index contributed by atoms with van der Waals surface area (Å²) in [5.41, 5.74) is 11.6. The zero-order chi connectivity index (χ0) is 30.6. The van der Waals surface area contributed by atoms with Gasteiger partial charge in [-0.1, -0.05) is 97.1 Å². The Morgan fingerprint density at radius 2 is 0.711 bits per heavy atom. The number of para-hydroxylation sites is 4. The van der Waals surface area contributed by atoms with Gasteiger partial charge >= 0.3 is 0 Å². The number of anilines is 6. The molecule has 0 bridgehead atoms. The van der Waals surface area contributed by atoms with Crippen LogP contribution in [0.2, 0.25) is 0 Å². The van der Waals surface area contributed by atoms with Crippen LogP contribution in [0, 0.1) is 0 Å². The molecule has 0 unspecified atom stereocenters. The summed E-state index contributed by atoms with van der Waals surface area (Å²) in [5.74, 6) is 0. The van der Waals surface area contributed by atoms with Crippen LogP contribution in [0.3, 0.4) is 0 Å². The van der Waals surface area contributed by atoms with E-state index in [1.165, 1.54) is 22.3 Å². The Morgan fingerprint density at radius 1 is 0.400 bits per heavy atom. The molecule has 0 heterocycles. The third-order valence-corrected chi connectivity index (χ3v) is 8.89. The second kappa shape index (κ2) is 12.2. The van der Waals surface area contributed by atoms with E-state index < -0.39 is 0 Å². The molecular weight excluding hydrogens is 544 g/mol. The number of rotatable bonds is 10. The molecule has 0 aliphatic heterocycles. The summed E-state index contributed by atoms with van der Waals surface area (Å²) in [5, 5.41) is 0. The van der Waals surface area contributed by atoms with E-state index in [-0.39, 0.29) is 5.41 Å². The Morgan fingerprint density at radius 3 is 1.00 bits per heavy atom. The predicted molar refractivity (Wildman–Crippen MR) is 192 cm³/mol. The molecule has 0 spiro atoms. The molecule has 0 radical (unpaired) electrons. The summed E-state index contributed by atoms with van der Waals surface area (Å²) in [6, 6.07) is 56.3. The zero-order valence-corrected chi connectivity index (χ0v) is 25.4. The topological polar surface area (TPSA) is 6.48 Å². The van der Waals surface area contributed by atoms with Gasteiger partial charge in [-0.3, -0.25) is 0 Å². The average Bonchev–Trinajstić information content (AvgIpc) is 3.35. The summed E-state index contributed by atoms with van der Waals surface area (Å²) < 4.78 is 0. The highest BCUT2D eigenvalue weighted by Crippen LogP contribution is 2.56. The van der Waals surface area contributed by atoms with Gasteiger partial charge in [0, 0.05) is 39.5 Å². The Kier molecular flexibility index (Phi) is 7.63. The van der Waals surface area contributed by atoms with Gasteiger partial charge in [-0.15, -0.1) is 13.2 Å². The fraction of sp³-hybridized carbons (Fsp3) is 0.0698. The molecule has 6 aromatic carbocycles. The molecule has 0 aromatic heterocycles. The normalized spacial score (nSPS) is 12.5. The number of benzene rings is 6. The quantitative estimate of drug-likeness (QED) is 0.149. The van der Waals surface area contributed by atoms with E-state index in [0.717, 1.165) is 47.0 Å². The van der Waals surface area contributed by atoms with Crippen LogP contribution in [0.4, 0.5) is 34.1 Å². The maximum absolute atomic E-state index is 4.25. The molecule has 7 rings (SSSR count). The van der Waals surface area contributed by atoms with Crippen molar-refractivity contribution >= 4 is 34.1 Å². The molecule has 1 aliphatic rings. The van der Waals surface area contributed by atoms with Crippen LogP contribution >= 0.6 is 0 Å². The molecule has 0 fully saturated rings. The molecular formula is C43H36N2. The van der Waals surface area contributed by atoms with Crippen molar-refractivity contribution in [1.82, 2.24) is 0 Å². The molecule has 6 aromatic rings. The highest BCUT2D eigenvalue weighted by molar-refractivity contribution is 5.88. The molecule has 0 N–H and O–H groups in total. The van der Waals surface area contributed by atoms with Crippen molar-refractivity contribution in [1.29, 1.82) is 0 Å². The van der Waals surface area contributed by atoms with Gasteiger partial charge in [0.15, 0.2) is 0 Å². The molecule has 2 nitrogen and oxygen atoms in total. The Labute approximate surface area is 266 Å². The van der Waals surface area contributed by atoms with Gasteiger partial charge in [-0.25, -0.2) is 0 Å². The van der Waals surface area contributed by atoms with E-state index in [1.807, 2.05) is 0 Å². The maximum Gasteiger partial charge on any atom is 0.0465 e. The monoisotopic (exact) mass is 580 g/mol. The first-order valence-electron chi connectivity index (χ1n) is 15.6. The lowest BCUT2D eigenvalue weighted by molar-refractivity contribution is 0.543. The highest BCUT2D eigenvalue weighted by atomic mass is 15.1. The minimum Gasteiger partial charge on any atom is -0.310 e. The van der Waals surface area contributed by atoms with E-state index >= 15 is 0 Å². The lowest BCUT2D eigenvalue weighted by Gasteiger charge is -2.33. The van der Waals surface area contributed by atoms with Crippen molar-refractivity contribution in [2.45, 2.75) is 18.3 Å². The number of hydrogen-bond donors (Lipinski definition) is 0. The summed E-state index contributed by atoms with van der Waals surface area (Å²) in [6.45, 7) is 8.50. The fourth-order valence-corrected chi connectivity index (χ4v) is 6.97. The van der Waals surface area contributed by atoms with Crippen LogP contribution < -0.4 is 9.80 Å². The van der Waals surface area contributed by atoms with Gasteiger partial charge in [0.25, 0.3) is 0 Å². The fourth-order valence-electron chi connectivity index (χ4n) is 6.97. The van der Waals surface area contributed by atoms with Crippen molar-refractivity contribution in [3.8, 4) is 11.1 Å². The van der Waals surface area contributed by atoms with Crippen molar-refractivity contribution in [2.24, 2.45) is 0 Å². The SMILES string of the molecule is C=CCC1(CC=C)c2cc(N(c3ccccc3)c3ccccc3)ccc2-c2ccc(N(c3ccccc3)c3ccccc3)cc21. The van der Waals surface area contributed by atoms with Crippen LogP contribution in [-0.4, -0.2) is 0 Å². The predicted octanol–water partition coefficient (Wildman–Crippen LogP) is 12.0. The molecule has 0 amide bonds. The van der Waals surface area contributed by atoms with Crippen LogP contribution in [0.5, 0.6) is 0 Å². The van der Waals surface area contributed by atoms with Gasteiger partial charge < -0.3 is 9.80 Å². The largest absolute Gasteiger partial charge is 0.310 e. The second-order valence-corrected chi connectivity index (χ2v) is 11.5. The number of allylic oxidation sites excluding steroid dienone is 2. The van der Waals surface area contributed by atoms with E-state index in [4.69, 9.17) is 0 Å². The van der Waals surface area contributed by atoms with Gasteiger partial charge in [-0.2, -0.15) is 0 Å². The third kappa shape index (κ3) is 5.05. The standard InChI is InChI=1S/C43H36N2/c1-3-29-43(30-4-2)41-31-37(44(33-17-9-5-10-18-33)34-19-11-6-12-20-34)25-27-39(41)40-28-26-38(32-42(40)43)45(35-21-13-7-14-22-35)36-23-15-8-16-24-36/h3-28,31-32H,1-2,29-30H2. The van der Waals surface area contributed by atoms with Gasteiger partial charge in [0.2, 0.25) is 0 Å². The minimum atomic E-state index is -0.293. The molecule has 218 valence electrons. The Balaban J connectivity index is 1.42. The second-order valence-electron chi connectivity index (χ2n) is 11.5. The lowest BCUT2D eigenvalue weighted by atomic mass is 9.72. The Hall–Kier alpha value is -5.60. The summed E-state index contributed by atoms with van der Waals surface area (Å²) in [4.78, 5) is 4.68. The summed E-state index contributed by atoms with van der Waals surface area (Å²) in [7, 11) is 0. The molecule has 0 atom stereocenters. The summed E-state index contributed by atoms with van der Waals surface area (Å²) in [6.07, 6.45) is 5.75. The Bertz CT molecular complexity index is 1710. The minimum absolute atomic E-state index is 0.293. The third-order valence-electron chi connectivity index (χ3n) is 8.89. The highest BCUT2D eigenvalue weighted by Gasteiger charge is 2.42. The lowest BCUT2D eigenvalue weighted by Crippen LogP contribution is -2.24. The van der Waals surface area contributed by atoms with Crippen LogP contribution in [0.15, 0.2) is 183 Å². The first kappa shape index (κ1) is 28.2. The zero-order valence-electron chi connectivity index (χ0n) is 25.4. The number of nitrogens with zero attached hydrogens (tertiary/aromatic N) is 2. The summed E-state index contributed by atoms with van der Waals surface area (Å²) >= 11 is 0. The van der Waals surface area contributed by atoms with Crippen molar-refractivity contribution < 1.29 is 0 Å². The number of fused-ring (bicyclic) bond motifs is 3. The van der Waals surface area contributed by atoms with E-state index in [9.17, 15) is 0 Å². The first-order chi connectivity index (χ1) is 22.2. The smallest absolute Gasteiger partial charge is 0.0465 e. The van der Waals surface area contributed by atoms with E-state index in [2.05, 4.69) is 193 Å². The molecule has 2 heteroatoms. The molecule has 0 saturated heterocycles. The van der Waals surface area contributed by atoms with Crippen molar-refractivity contribution in [3.63, 3.8) is 0 Å². The van der Waals surface area contributed by atoms with Crippen molar-refractivity contribution in [2.75, 3.05) is 9.80 Å². The molecule has 1 aliphatic carbocycles. The van der Waals surface area contributed by atoms with Gasteiger partial charge in [0.1, 0.15) is 0 Å². The van der Waals surface area contributed by atoms with Gasteiger partial charge in [0.05, 0.1) is 0 Å². The van der Waals surface area contributed by atoms with Crippen LogP contribution in [0.1, 0.15) is 24.0 Å². The molecule has 0 saturated carbocycles. The van der Waals surface area contributed by atoms with Gasteiger partial charge in [-0.05, 0) is 108 Å². The van der Waals surface area contributed by atoms with Crippen LogP contribution in [-0.2, 0) is 5.41 Å². The molecule has 45 heavy (non-hydrogen) atoms. The number of hydrogen-bond acceptors (Lipinski definition) is 2.